The summed E-state index contributed by atoms with van der Waals surface area (Å²) in [4.78, 5) is 6.73. The molecule has 1 aromatic rings. The number of rotatable bonds is 7. The summed E-state index contributed by atoms with van der Waals surface area (Å²) in [5, 5.41) is 6.82. The van der Waals surface area contributed by atoms with Gasteiger partial charge in [0.05, 0.1) is 11.9 Å². The predicted octanol–water partition coefficient (Wildman–Crippen LogP) is 2.73. The molecule has 4 heteroatoms. The van der Waals surface area contributed by atoms with E-state index >= 15 is 0 Å². The third-order valence-corrected chi connectivity index (χ3v) is 2.94. The molecule has 19 heavy (non-hydrogen) atoms. The number of nitrogens with one attached hydrogen (secondary N) is 2. The Kier molecular flexibility index (Phi) is 6.09. The molecular weight excluding hydrogens is 236 g/mol. The molecule has 0 spiro atoms. The summed E-state index contributed by atoms with van der Waals surface area (Å²) in [6.45, 7) is 14.7. The molecule has 108 valence electrons. The van der Waals surface area contributed by atoms with Crippen LogP contribution in [-0.4, -0.2) is 36.7 Å². The van der Waals surface area contributed by atoms with Gasteiger partial charge >= 0.3 is 0 Å². The van der Waals surface area contributed by atoms with E-state index in [0.717, 1.165) is 37.7 Å². The quantitative estimate of drug-likeness (QED) is 0.743. The molecule has 0 aliphatic carbocycles. The van der Waals surface area contributed by atoms with Gasteiger partial charge in [-0.05, 0) is 46.8 Å². The van der Waals surface area contributed by atoms with E-state index in [1.807, 2.05) is 6.20 Å². The fourth-order valence-corrected chi connectivity index (χ4v) is 1.87. The molecule has 0 amide bonds. The fraction of sp³-hybridized carbons (Fsp3) is 0.667. The third kappa shape index (κ3) is 5.92. The van der Waals surface area contributed by atoms with Gasteiger partial charge in [0.15, 0.2) is 0 Å². The molecule has 0 saturated heterocycles. The number of nitrogens with zero attached hydrogens (tertiary/aromatic N) is 2. The van der Waals surface area contributed by atoms with Gasteiger partial charge in [0.2, 0.25) is 0 Å². The van der Waals surface area contributed by atoms with Gasteiger partial charge in [-0.3, -0.25) is 0 Å². The summed E-state index contributed by atoms with van der Waals surface area (Å²) in [5.74, 6) is 1.04. The summed E-state index contributed by atoms with van der Waals surface area (Å²) < 4.78 is 0. The molecular formula is C15H28N4. The van der Waals surface area contributed by atoms with Gasteiger partial charge < -0.3 is 15.5 Å². The number of hydrogen-bond donors (Lipinski definition) is 2. The van der Waals surface area contributed by atoms with E-state index in [1.165, 1.54) is 0 Å². The monoisotopic (exact) mass is 264 g/mol. The smallest absolute Gasteiger partial charge is 0.128 e. The molecule has 0 atom stereocenters. The Morgan fingerprint density at radius 2 is 1.79 bits per heavy atom. The Bertz CT molecular complexity index is 349. The summed E-state index contributed by atoms with van der Waals surface area (Å²) in [6.07, 6.45) is 1.91. The van der Waals surface area contributed by atoms with Crippen molar-refractivity contribution in [3.63, 3.8) is 0 Å². The summed E-state index contributed by atoms with van der Waals surface area (Å²) >= 11 is 0. The van der Waals surface area contributed by atoms with E-state index in [4.69, 9.17) is 0 Å². The van der Waals surface area contributed by atoms with E-state index in [-0.39, 0.29) is 5.54 Å². The Morgan fingerprint density at radius 3 is 2.26 bits per heavy atom. The van der Waals surface area contributed by atoms with E-state index in [0.29, 0.717) is 0 Å². The van der Waals surface area contributed by atoms with E-state index < -0.39 is 0 Å². The topological polar surface area (TPSA) is 40.2 Å². The number of hydrogen-bond acceptors (Lipinski definition) is 4. The van der Waals surface area contributed by atoms with Crippen LogP contribution in [0.5, 0.6) is 0 Å². The minimum absolute atomic E-state index is 0.173. The molecule has 0 bridgehead atoms. The predicted molar refractivity (Wildman–Crippen MR) is 84.0 cm³/mol. The molecule has 1 aromatic heterocycles. The van der Waals surface area contributed by atoms with Crippen LogP contribution in [0.25, 0.3) is 0 Å². The van der Waals surface area contributed by atoms with Crippen molar-refractivity contribution in [1.82, 2.24) is 10.3 Å². The molecule has 0 aliphatic rings. The van der Waals surface area contributed by atoms with Crippen molar-refractivity contribution in [3.8, 4) is 0 Å². The SMILES string of the molecule is CCN(CC)c1ccc(NCCNC(C)(C)C)cn1. The second kappa shape index (κ2) is 7.34. The van der Waals surface area contributed by atoms with Crippen LogP contribution in [0.1, 0.15) is 34.6 Å². The van der Waals surface area contributed by atoms with Gasteiger partial charge in [0.1, 0.15) is 5.82 Å². The molecule has 0 aromatic carbocycles. The summed E-state index contributed by atoms with van der Waals surface area (Å²) in [7, 11) is 0. The van der Waals surface area contributed by atoms with Gasteiger partial charge in [-0.1, -0.05) is 0 Å². The van der Waals surface area contributed by atoms with Crippen molar-refractivity contribution >= 4 is 11.5 Å². The van der Waals surface area contributed by atoms with Crippen LogP contribution in [0.4, 0.5) is 11.5 Å². The molecule has 1 rings (SSSR count). The van der Waals surface area contributed by atoms with Crippen LogP contribution in [0, 0.1) is 0 Å². The second-order valence-electron chi connectivity index (χ2n) is 5.68. The molecule has 0 aliphatic heterocycles. The van der Waals surface area contributed by atoms with E-state index in [2.05, 4.69) is 67.3 Å². The molecule has 2 N–H and O–H groups in total. The highest BCUT2D eigenvalue weighted by molar-refractivity contribution is 5.48. The van der Waals surface area contributed by atoms with Gasteiger partial charge in [-0.2, -0.15) is 0 Å². The lowest BCUT2D eigenvalue weighted by atomic mass is 10.1. The van der Waals surface area contributed by atoms with Crippen LogP contribution >= 0.6 is 0 Å². The van der Waals surface area contributed by atoms with Crippen LogP contribution in [-0.2, 0) is 0 Å². The first-order valence-electron chi connectivity index (χ1n) is 7.16. The number of pyridine rings is 1. The van der Waals surface area contributed by atoms with Crippen molar-refractivity contribution in [2.24, 2.45) is 0 Å². The Labute approximate surface area is 117 Å². The average molecular weight is 264 g/mol. The maximum atomic E-state index is 4.49. The van der Waals surface area contributed by atoms with Gasteiger partial charge in [0.25, 0.3) is 0 Å². The van der Waals surface area contributed by atoms with Gasteiger partial charge in [-0.15, -0.1) is 0 Å². The highest BCUT2D eigenvalue weighted by Crippen LogP contribution is 2.13. The number of aromatic nitrogens is 1. The maximum absolute atomic E-state index is 4.49. The molecule has 0 fully saturated rings. The van der Waals surface area contributed by atoms with E-state index in [9.17, 15) is 0 Å². The largest absolute Gasteiger partial charge is 0.383 e. The minimum Gasteiger partial charge on any atom is -0.383 e. The van der Waals surface area contributed by atoms with Crippen molar-refractivity contribution in [2.45, 2.75) is 40.2 Å². The van der Waals surface area contributed by atoms with Crippen molar-refractivity contribution in [3.05, 3.63) is 18.3 Å². The molecule has 1 heterocycles. The fourth-order valence-electron chi connectivity index (χ4n) is 1.87. The van der Waals surface area contributed by atoms with Crippen molar-refractivity contribution in [1.29, 1.82) is 0 Å². The lowest BCUT2D eigenvalue weighted by Crippen LogP contribution is -2.38. The summed E-state index contributed by atoms with van der Waals surface area (Å²) in [6, 6.07) is 4.17. The first kappa shape index (κ1) is 15.8. The zero-order chi connectivity index (χ0) is 14.3. The standard InChI is InChI=1S/C15H28N4/c1-6-19(7-2)14-9-8-13(12-17-14)16-10-11-18-15(3,4)5/h8-9,12,16,18H,6-7,10-11H2,1-5H3. The number of anilines is 2. The molecule has 0 radical (unpaired) electrons. The van der Waals surface area contributed by atoms with Gasteiger partial charge in [-0.25, -0.2) is 4.98 Å². The molecule has 0 unspecified atom stereocenters. The van der Waals surface area contributed by atoms with Crippen LogP contribution < -0.4 is 15.5 Å². The van der Waals surface area contributed by atoms with Crippen LogP contribution in [0.15, 0.2) is 18.3 Å². The van der Waals surface area contributed by atoms with Crippen LogP contribution in [0.2, 0.25) is 0 Å². The maximum Gasteiger partial charge on any atom is 0.128 e. The van der Waals surface area contributed by atoms with Crippen LogP contribution in [0.3, 0.4) is 0 Å². The average Bonchev–Trinajstić information content (AvgIpc) is 2.37. The van der Waals surface area contributed by atoms with Gasteiger partial charge in [0, 0.05) is 31.7 Å². The zero-order valence-corrected chi connectivity index (χ0v) is 13.0. The molecule has 4 nitrogen and oxygen atoms in total. The highest BCUT2D eigenvalue weighted by atomic mass is 15.2. The Balaban J connectivity index is 2.40. The lowest BCUT2D eigenvalue weighted by molar-refractivity contribution is 0.435. The van der Waals surface area contributed by atoms with Crippen molar-refractivity contribution in [2.75, 3.05) is 36.4 Å². The second-order valence-corrected chi connectivity index (χ2v) is 5.68. The summed E-state index contributed by atoms with van der Waals surface area (Å²) in [5.41, 5.74) is 1.25. The Hall–Kier alpha value is -1.29. The Morgan fingerprint density at radius 1 is 1.11 bits per heavy atom. The third-order valence-electron chi connectivity index (χ3n) is 2.94. The van der Waals surface area contributed by atoms with Crippen molar-refractivity contribution < 1.29 is 0 Å². The molecule has 0 saturated carbocycles. The first-order valence-corrected chi connectivity index (χ1v) is 7.16. The lowest BCUT2D eigenvalue weighted by Gasteiger charge is -2.21. The highest BCUT2D eigenvalue weighted by Gasteiger charge is 2.07. The first-order chi connectivity index (χ1) is 8.96. The zero-order valence-electron chi connectivity index (χ0n) is 13.0. The normalized spacial score (nSPS) is 11.4. The van der Waals surface area contributed by atoms with E-state index in [1.54, 1.807) is 0 Å². The minimum atomic E-state index is 0.173.